The standard InChI is InChI=1S/C9H12O6/c1-9(2)14-6-5-4(12-7(6)15-9)3-11-8(10)13-5/h4-7H,3H2,1-2H3/t4?,5?,6-,7-/m1/s1. The van der Waals surface area contributed by atoms with E-state index in [1.54, 1.807) is 13.8 Å². The first-order valence-corrected chi connectivity index (χ1v) is 4.90. The molecule has 3 heterocycles. The van der Waals surface area contributed by atoms with E-state index < -0.39 is 24.3 Å². The van der Waals surface area contributed by atoms with Crippen molar-refractivity contribution in [2.75, 3.05) is 6.61 Å². The Kier molecular flexibility index (Phi) is 1.78. The highest BCUT2D eigenvalue weighted by molar-refractivity contribution is 5.61. The summed E-state index contributed by atoms with van der Waals surface area (Å²) in [5, 5.41) is 0. The molecule has 3 aliphatic heterocycles. The van der Waals surface area contributed by atoms with E-state index in [0.29, 0.717) is 0 Å². The number of ether oxygens (including phenoxy) is 5. The molecule has 6 heteroatoms. The molecule has 0 spiro atoms. The fourth-order valence-electron chi connectivity index (χ4n) is 2.12. The van der Waals surface area contributed by atoms with E-state index in [-0.39, 0.29) is 18.8 Å². The van der Waals surface area contributed by atoms with Gasteiger partial charge in [-0.2, -0.15) is 0 Å². The Morgan fingerprint density at radius 2 is 2.07 bits per heavy atom. The van der Waals surface area contributed by atoms with Gasteiger partial charge >= 0.3 is 6.16 Å². The second-order valence-corrected chi connectivity index (χ2v) is 4.29. The van der Waals surface area contributed by atoms with E-state index in [1.165, 1.54) is 0 Å². The molecule has 0 aromatic rings. The molecule has 3 rings (SSSR count). The van der Waals surface area contributed by atoms with Crippen LogP contribution in [0.3, 0.4) is 0 Å². The molecule has 4 atom stereocenters. The lowest BCUT2D eigenvalue weighted by atomic mass is 10.1. The van der Waals surface area contributed by atoms with Crippen molar-refractivity contribution in [3.8, 4) is 0 Å². The smallest absolute Gasteiger partial charge is 0.431 e. The summed E-state index contributed by atoms with van der Waals surface area (Å²) in [6.45, 7) is 3.79. The van der Waals surface area contributed by atoms with Crippen molar-refractivity contribution in [3.05, 3.63) is 0 Å². The zero-order valence-electron chi connectivity index (χ0n) is 8.47. The predicted molar refractivity (Wildman–Crippen MR) is 44.9 cm³/mol. The van der Waals surface area contributed by atoms with Gasteiger partial charge in [0, 0.05) is 0 Å². The van der Waals surface area contributed by atoms with Gasteiger partial charge in [0.05, 0.1) is 0 Å². The normalized spacial score (nSPS) is 46.7. The van der Waals surface area contributed by atoms with Gasteiger partial charge in [-0.1, -0.05) is 0 Å². The fourth-order valence-corrected chi connectivity index (χ4v) is 2.12. The number of hydrogen-bond acceptors (Lipinski definition) is 6. The zero-order valence-corrected chi connectivity index (χ0v) is 8.47. The van der Waals surface area contributed by atoms with Gasteiger partial charge in [-0.15, -0.1) is 0 Å². The quantitative estimate of drug-likeness (QED) is 0.546. The van der Waals surface area contributed by atoms with E-state index in [4.69, 9.17) is 23.7 Å². The van der Waals surface area contributed by atoms with Gasteiger partial charge in [-0.3, -0.25) is 0 Å². The average molecular weight is 216 g/mol. The van der Waals surface area contributed by atoms with Gasteiger partial charge in [-0.05, 0) is 13.8 Å². The second-order valence-electron chi connectivity index (χ2n) is 4.29. The summed E-state index contributed by atoms with van der Waals surface area (Å²) in [7, 11) is 0. The first-order valence-electron chi connectivity index (χ1n) is 4.90. The topological polar surface area (TPSA) is 63.2 Å². The summed E-state index contributed by atoms with van der Waals surface area (Å²) < 4.78 is 26.4. The van der Waals surface area contributed by atoms with E-state index in [9.17, 15) is 4.79 Å². The lowest BCUT2D eigenvalue weighted by Crippen LogP contribution is -2.44. The van der Waals surface area contributed by atoms with E-state index >= 15 is 0 Å². The number of hydrogen-bond donors (Lipinski definition) is 0. The van der Waals surface area contributed by atoms with E-state index in [2.05, 4.69) is 0 Å². The highest BCUT2D eigenvalue weighted by Crippen LogP contribution is 2.39. The van der Waals surface area contributed by atoms with Crippen molar-refractivity contribution in [1.82, 2.24) is 0 Å². The van der Waals surface area contributed by atoms with Gasteiger partial charge in [0.2, 0.25) is 0 Å². The maximum Gasteiger partial charge on any atom is 0.508 e. The van der Waals surface area contributed by atoms with Gasteiger partial charge in [-0.25, -0.2) is 4.79 Å². The average Bonchev–Trinajstić information content (AvgIpc) is 2.58. The summed E-state index contributed by atoms with van der Waals surface area (Å²) in [5.41, 5.74) is 0. The highest BCUT2D eigenvalue weighted by Gasteiger charge is 2.58. The number of cyclic esters (lactones) is 1. The summed E-state index contributed by atoms with van der Waals surface area (Å²) in [6.07, 6.45) is -2.19. The Morgan fingerprint density at radius 1 is 1.27 bits per heavy atom. The van der Waals surface area contributed by atoms with Crippen LogP contribution in [0.2, 0.25) is 0 Å². The Morgan fingerprint density at radius 3 is 2.87 bits per heavy atom. The minimum atomic E-state index is -0.689. The molecule has 0 aromatic carbocycles. The van der Waals surface area contributed by atoms with Crippen molar-refractivity contribution in [1.29, 1.82) is 0 Å². The maximum atomic E-state index is 11.0. The Balaban J connectivity index is 1.79. The van der Waals surface area contributed by atoms with Crippen LogP contribution in [0.5, 0.6) is 0 Å². The molecule has 6 nitrogen and oxygen atoms in total. The lowest BCUT2D eigenvalue weighted by molar-refractivity contribution is -0.227. The van der Waals surface area contributed by atoms with Crippen molar-refractivity contribution < 1.29 is 28.5 Å². The van der Waals surface area contributed by atoms with Crippen LogP contribution in [0.15, 0.2) is 0 Å². The third kappa shape index (κ3) is 1.40. The molecule has 0 radical (unpaired) electrons. The molecule has 84 valence electrons. The summed E-state index contributed by atoms with van der Waals surface area (Å²) >= 11 is 0. The molecule has 0 N–H and O–H groups in total. The van der Waals surface area contributed by atoms with Crippen LogP contribution in [0.4, 0.5) is 4.79 Å². The van der Waals surface area contributed by atoms with E-state index in [1.807, 2.05) is 0 Å². The van der Waals surface area contributed by atoms with E-state index in [0.717, 1.165) is 0 Å². The van der Waals surface area contributed by atoms with Crippen molar-refractivity contribution in [2.45, 2.75) is 44.2 Å². The number of carbonyl (C=O) groups excluding carboxylic acids is 1. The van der Waals surface area contributed by atoms with Crippen molar-refractivity contribution >= 4 is 6.16 Å². The first kappa shape index (κ1) is 9.38. The fraction of sp³-hybridized carbons (Fsp3) is 0.889. The van der Waals surface area contributed by atoms with Gasteiger partial charge < -0.3 is 23.7 Å². The van der Waals surface area contributed by atoms with Crippen LogP contribution in [0.1, 0.15) is 13.8 Å². The van der Waals surface area contributed by atoms with Gasteiger partial charge in [0.15, 0.2) is 24.3 Å². The summed E-state index contributed by atoms with van der Waals surface area (Å²) in [4.78, 5) is 11.0. The Hall–Kier alpha value is -0.850. The van der Waals surface area contributed by atoms with Crippen molar-refractivity contribution in [2.24, 2.45) is 0 Å². The van der Waals surface area contributed by atoms with Crippen LogP contribution >= 0.6 is 0 Å². The molecule has 3 saturated heterocycles. The molecule has 0 saturated carbocycles. The summed E-state index contributed by atoms with van der Waals surface area (Å²) in [6, 6.07) is 0. The molecule has 2 unspecified atom stereocenters. The number of fused-ring (bicyclic) bond motifs is 3. The molecule has 0 bridgehead atoms. The number of carbonyl (C=O) groups is 1. The molecular weight excluding hydrogens is 204 g/mol. The van der Waals surface area contributed by atoms with Crippen LogP contribution in [-0.2, 0) is 23.7 Å². The maximum absolute atomic E-state index is 11.0. The Labute approximate surface area is 86.4 Å². The third-order valence-electron chi connectivity index (χ3n) is 2.69. The van der Waals surface area contributed by atoms with Gasteiger partial charge in [0.1, 0.15) is 12.7 Å². The summed E-state index contributed by atoms with van der Waals surface area (Å²) in [5.74, 6) is -0.689. The zero-order chi connectivity index (χ0) is 10.6. The minimum Gasteiger partial charge on any atom is -0.431 e. The predicted octanol–water partition coefficient (Wildman–Crippen LogP) is 0.398. The highest BCUT2D eigenvalue weighted by atomic mass is 16.9. The molecule has 0 aromatic heterocycles. The van der Waals surface area contributed by atoms with Crippen LogP contribution < -0.4 is 0 Å². The monoisotopic (exact) mass is 216 g/mol. The third-order valence-corrected chi connectivity index (χ3v) is 2.69. The molecule has 0 aliphatic carbocycles. The SMILES string of the molecule is CC1(C)O[C@H]2OC3COC(=O)OC3[C@H]2O1. The molecule has 3 fully saturated rings. The van der Waals surface area contributed by atoms with Crippen LogP contribution in [0, 0.1) is 0 Å². The Bertz CT molecular complexity index is 301. The second kappa shape index (κ2) is 2.84. The first-order chi connectivity index (χ1) is 7.05. The lowest BCUT2D eigenvalue weighted by Gasteiger charge is -2.28. The molecule has 3 aliphatic rings. The van der Waals surface area contributed by atoms with Crippen LogP contribution in [0.25, 0.3) is 0 Å². The molecule has 15 heavy (non-hydrogen) atoms. The largest absolute Gasteiger partial charge is 0.508 e. The molecule has 0 amide bonds. The minimum absolute atomic E-state index is 0.198. The van der Waals surface area contributed by atoms with Crippen molar-refractivity contribution in [3.63, 3.8) is 0 Å². The molecular formula is C9H12O6. The number of rotatable bonds is 0. The van der Waals surface area contributed by atoms with Crippen LogP contribution in [-0.4, -0.2) is 43.2 Å². The van der Waals surface area contributed by atoms with Gasteiger partial charge in [0.25, 0.3) is 0 Å².